The molecule has 1 radical (unpaired) electrons. The Labute approximate surface area is 55.3 Å². The average molecular weight is 130 g/mol. The van der Waals surface area contributed by atoms with E-state index < -0.39 is 0 Å². The Balaban J connectivity index is 2.08. The zero-order valence-electron chi connectivity index (χ0n) is 5.59. The maximum atomic E-state index is 5.20. The fraction of sp³-hybridized carbons (Fsp3) is 0.833. The lowest BCUT2D eigenvalue weighted by atomic mass is 10.5. The third-order valence-corrected chi connectivity index (χ3v) is 1.18. The first-order chi connectivity index (χ1) is 4.43. The van der Waals surface area contributed by atoms with E-state index in [0.717, 1.165) is 19.7 Å². The van der Waals surface area contributed by atoms with Crippen LogP contribution in [0, 0.1) is 6.61 Å². The molecule has 1 atom stereocenters. The van der Waals surface area contributed by atoms with Gasteiger partial charge in [-0.1, -0.05) is 0 Å². The monoisotopic (exact) mass is 130 g/mol. The van der Waals surface area contributed by atoms with Gasteiger partial charge in [-0.2, -0.15) is 0 Å². The standard InChI is InChI=1S/C6H12NO2/c1-2-8-6-5-7-3-4-9-6/h2,6-7H,3-5H2,1H3. The molecule has 0 aliphatic carbocycles. The molecule has 1 rings (SSSR count). The fourth-order valence-electron chi connectivity index (χ4n) is 0.781. The SMILES string of the molecule is C[CH]OC1CNCCO1. The van der Waals surface area contributed by atoms with Crippen molar-refractivity contribution in [2.75, 3.05) is 19.7 Å². The van der Waals surface area contributed by atoms with Crippen LogP contribution in [0.2, 0.25) is 0 Å². The van der Waals surface area contributed by atoms with Crippen molar-refractivity contribution in [3.63, 3.8) is 0 Å². The quantitative estimate of drug-likeness (QED) is 0.576. The Morgan fingerprint density at radius 1 is 1.78 bits per heavy atom. The van der Waals surface area contributed by atoms with Crippen molar-refractivity contribution in [1.82, 2.24) is 5.32 Å². The molecule has 1 N–H and O–H groups in total. The van der Waals surface area contributed by atoms with Gasteiger partial charge in [0.25, 0.3) is 0 Å². The number of hydrogen-bond acceptors (Lipinski definition) is 3. The number of morpholine rings is 1. The Hall–Kier alpha value is -0.120. The van der Waals surface area contributed by atoms with Gasteiger partial charge >= 0.3 is 0 Å². The molecule has 3 heteroatoms. The van der Waals surface area contributed by atoms with Crippen LogP contribution in [0.25, 0.3) is 0 Å². The zero-order chi connectivity index (χ0) is 6.53. The highest BCUT2D eigenvalue weighted by molar-refractivity contribution is 4.58. The van der Waals surface area contributed by atoms with E-state index in [9.17, 15) is 0 Å². The smallest absolute Gasteiger partial charge is 0.170 e. The highest BCUT2D eigenvalue weighted by Gasteiger charge is 2.11. The molecule has 0 aromatic heterocycles. The summed E-state index contributed by atoms with van der Waals surface area (Å²) < 4.78 is 10.3. The summed E-state index contributed by atoms with van der Waals surface area (Å²) in [7, 11) is 0. The molecule has 53 valence electrons. The molecular weight excluding hydrogens is 118 g/mol. The second-order valence-corrected chi connectivity index (χ2v) is 1.88. The highest BCUT2D eigenvalue weighted by atomic mass is 16.7. The third kappa shape index (κ3) is 2.30. The Morgan fingerprint density at radius 3 is 3.22 bits per heavy atom. The topological polar surface area (TPSA) is 30.5 Å². The van der Waals surface area contributed by atoms with Gasteiger partial charge in [0.05, 0.1) is 13.2 Å². The van der Waals surface area contributed by atoms with Crippen LogP contribution in [0.15, 0.2) is 0 Å². The molecule has 0 spiro atoms. The van der Waals surface area contributed by atoms with E-state index in [1.54, 1.807) is 6.61 Å². The normalized spacial score (nSPS) is 28.3. The molecule has 0 saturated carbocycles. The molecule has 0 amide bonds. The summed E-state index contributed by atoms with van der Waals surface area (Å²) in [4.78, 5) is 0. The van der Waals surface area contributed by atoms with Crippen molar-refractivity contribution >= 4 is 0 Å². The first-order valence-electron chi connectivity index (χ1n) is 3.19. The van der Waals surface area contributed by atoms with Crippen LogP contribution in [0.1, 0.15) is 6.92 Å². The predicted octanol–water partition coefficient (Wildman–Crippen LogP) is 0.131. The van der Waals surface area contributed by atoms with Gasteiger partial charge in [0.2, 0.25) is 0 Å². The van der Waals surface area contributed by atoms with E-state index >= 15 is 0 Å². The van der Waals surface area contributed by atoms with E-state index in [0.29, 0.717) is 0 Å². The number of ether oxygens (including phenoxy) is 2. The minimum atomic E-state index is -0.0660. The first kappa shape index (κ1) is 6.99. The summed E-state index contributed by atoms with van der Waals surface area (Å²) in [6.45, 7) is 5.97. The van der Waals surface area contributed by atoms with Gasteiger partial charge in [0, 0.05) is 13.1 Å². The van der Waals surface area contributed by atoms with Crippen LogP contribution < -0.4 is 5.32 Å². The lowest BCUT2D eigenvalue weighted by Crippen LogP contribution is -2.39. The molecule has 0 bridgehead atoms. The summed E-state index contributed by atoms with van der Waals surface area (Å²) in [6.07, 6.45) is -0.0660. The van der Waals surface area contributed by atoms with E-state index in [4.69, 9.17) is 9.47 Å². The first-order valence-corrected chi connectivity index (χ1v) is 3.19. The average Bonchev–Trinajstić information content (AvgIpc) is 1.91. The van der Waals surface area contributed by atoms with Gasteiger partial charge in [-0.15, -0.1) is 0 Å². The van der Waals surface area contributed by atoms with Crippen molar-refractivity contribution in [3.05, 3.63) is 6.61 Å². The maximum absolute atomic E-state index is 5.20. The summed E-state index contributed by atoms with van der Waals surface area (Å²) in [5.41, 5.74) is 0. The molecule has 1 saturated heterocycles. The van der Waals surface area contributed by atoms with Crippen molar-refractivity contribution in [2.45, 2.75) is 13.2 Å². The van der Waals surface area contributed by atoms with Gasteiger partial charge in [-0.25, -0.2) is 0 Å². The third-order valence-electron chi connectivity index (χ3n) is 1.18. The van der Waals surface area contributed by atoms with Crippen molar-refractivity contribution in [3.8, 4) is 0 Å². The summed E-state index contributed by atoms with van der Waals surface area (Å²) in [5, 5.41) is 3.15. The van der Waals surface area contributed by atoms with E-state index in [1.807, 2.05) is 6.92 Å². The second kappa shape index (κ2) is 3.82. The lowest BCUT2D eigenvalue weighted by Gasteiger charge is -2.22. The molecule has 3 nitrogen and oxygen atoms in total. The molecule has 1 fully saturated rings. The van der Waals surface area contributed by atoms with Crippen molar-refractivity contribution < 1.29 is 9.47 Å². The summed E-state index contributed by atoms with van der Waals surface area (Å²) in [6, 6.07) is 0. The number of rotatable bonds is 2. The van der Waals surface area contributed by atoms with Crippen molar-refractivity contribution in [1.29, 1.82) is 0 Å². The Bertz CT molecular complexity index is 68.7. The summed E-state index contributed by atoms with van der Waals surface area (Å²) >= 11 is 0. The molecule has 1 aliphatic heterocycles. The molecule has 9 heavy (non-hydrogen) atoms. The van der Waals surface area contributed by atoms with Gasteiger partial charge < -0.3 is 14.8 Å². The van der Waals surface area contributed by atoms with E-state index in [-0.39, 0.29) is 6.29 Å². The minimum absolute atomic E-state index is 0.0660. The van der Waals surface area contributed by atoms with Gasteiger partial charge in [-0.05, 0) is 6.92 Å². The highest BCUT2D eigenvalue weighted by Crippen LogP contribution is 1.98. The largest absolute Gasteiger partial charge is 0.350 e. The van der Waals surface area contributed by atoms with Gasteiger partial charge in [-0.3, -0.25) is 0 Å². The molecule has 1 aliphatic rings. The van der Waals surface area contributed by atoms with Crippen LogP contribution in [0.4, 0.5) is 0 Å². The van der Waals surface area contributed by atoms with Gasteiger partial charge in [0.1, 0.15) is 0 Å². The predicted molar refractivity (Wildman–Crippen MR) is 33.7 cm³/mol. The second-order valence-electron chi connectivity index (χ2n) is 1.88. The van der Waals surface area contributed by atoms with Crippen molar-refractivity contribution in [2.24, 2.45) is 0 Å². The Morgan fingerprint density at radius 2 is 2.67 bits per heavy atom. The van der Waals surface area contributed by atoms with Crippen LogP contribution in [0.5, 0.6) is 0 Å². The molecular formula is C6H12NO2. The number of nitrogens with one attached hydrogen (secondary N) is 1. The molecule has 0 aromatic rings. The van der Waals surface area contributed by atoms with E-state index in [1.165, 1.54) is 0 Å². The van der Waals surface area contributed by atoms with E-state index in [2.05, 4.69) is 5.32 Å². The van der Waals surface area contributed by atoms with Crippen LogP contribution in [-0.4, -0.2) is 26.0 Å². The minimum Gasteiger partial charge on any atom is -0.350 e. The van der Waals surface area contributed by atoms with Gasteiger partial charge in [0.15, 0.2) is 6.29 Å². The lowest BCUT2D eigenvalue weighted by molar-refractivity contribution is -0.131. The Kier molecular flexibility index (Phi) is 2.97. The van der Waals surface area contributed by atoms with Crippen LogP contribution in [0.3, 0.4) is 0 Å². The fourth-order valence-corrected chi connectivity index (χ4v) is 0.781. The zero-order valence-corrected chi connectivity index (χ0v) is 5.59. The van der Waals surface area contributed by atoms with Crippen LogP contribution in [-0.2, 0) is 9.47 Å². The molecule has 1 heterocycles. The van der Waals surface area contributed by atoms with Crippen LogP contribution >= 0.6 is 0 Å². The summed E-state index contributed by atoms with van der Waals surface area (Å²) in [5.74, 6) is 0. The molecule has 1 unspecified atom stereocenters. The molecule has 0 aromatic carbocycles. The maximum Gasteiger partial charge on any atom is 0.170 e. The number of hydrogen-bond donors (Lipinski definition) is 1.